The highest BCUT2D eigenvalue weighted by Crippen LogP contribution is 2.27. The number of ether oxygens (including phenoxy) is 1. The van der Waals surface area contributed by atoms with Gasteiger partial charge >= 0.3 is 0 Å². The Balaban J connectivity index is 1.63. The molecule has 2 heterocycles. The third kappa shape index (κ3) is 4.81. The van der Waals surface area contributed by atoms with Crippen LogP contribution in [0.1, 0.15) is 18.4 Å². The highest BCUT2D eigenvalue weighted by molar-refractivity contribution is 5.86. The molecule has 0 radical (unpaired) electrons. The first kappa shape index (κ1) is 21.0. The Hall–Kier alpha value is -1.74. The lowest BCUT2D eigenvalue weighted by Crippen LogP contribution is -2.60. The van der Waals surface area contributed by atoms with Gasteiger partial charge in [0.05, 0.1) is 13.7 Å². The van der Waals surface area contributed by atoms with Crippen LogP contribution in [0.25, 0.3) is 0 Å². The molecule has 156 valence electrons. The zero-order valence-electron chi connectivity index (χ0n) is 16.4. The molecule has 0 bridgehead atoms. The number of methoxy groups -OCH3 is 1. The van der Waals surface area contributed by atoms with Crippen LogP contribution in [0.4, 0.5) is 4.39 Å². The summed E-state index contributed by atoms with van der Waals surface area (Å²) < 4.78 is 19.3. The summed E-state index contributed by atoms with van der Waals surface area (Å²) in [7, 11) is 1.52. The van der Waals surface area contributed by atoms with Crippen molar-refractivity contribution in [1.82, 2.24) is 14.7 Å². The maximum Gasteiger partial charge on any atom is 0.256 e. The van der Waals surface area contributed by atoms with Crippen LogP contribution < -0.4 is 4.74 Å². The average molecular weight is 395 g/mol. The van der Waals surface area contributed by atoms with Gasteiger partial charge in [0, 0.05) is 57.9 Å². The third-order valence-electron chi connectivity index (χ3n) is 5.68. The lowest BCUT2D eigenvalue weighted by atomic mass is 9.90. The number of hydrogen-bond donors (Lipinski definition) is 2. The monoisotopic (exact) mass is 395 g/mol. The number of aliphatic hydroxyl groups is 2. The molecule has 1 amide bonds. The summed E-state index contributed by atoms with van der Waals surface area (Å²) in [5.41, 5.74) is -1.05. The minimum Gasteiger partial charge on any atom is -0.497 e. The van der Waals surface area contributed by atoms with Crippen molar-refractivity contribution in [2.45, 2.75) is 25.0 Å². The molecule has 3 rings (SSSR count). The fourth-order valence-corrected chi connectivity index (χ4v) is 4.05. The number of amides is 1. The quantitative estimate of drug-likeness (QED) is 0.692. The number of nitrogens with zero attached hydrogens (tertiary/aromatic N) is 3. The second kappa shape index (κ2) is 9.17. The molecule has 28 heavy (non-hydrogen) atoms. The molecule has 2 saturated heterocycles. The van der Waals surface area contributed by atoms with Crippen molar-refractivity contribution in [2.75, 3.05) is 59.5 Å². The molecule has 8 heteroatoms. The zero-order chi connectivity index (χ0) is 20.1. The largest absolute Gasteiger partial charge is 0.497 e. The van der Waals surface area contributed by atoms with Gasteiger partial charge in [0.15, 0.2) is 5.60 Å². The van der Waals surface area contributed by atoms with Gasteiger partial charge in [-0.05, 0) is 31.0 Å². The Kier molecular flexibility index (Phi) is 6.87. The van der Waals surface area contributed by atoms with E-state index in [4.69, 9.17) is 9.84 Å². The zero-order valence-corrected chi connectivity index (χ0v) is 16.4. The molecule has 7 nitrogen and oxygen atoms in total. The van der Waals surface area contributed by atoms with E-state index in [0.717, 1.165) is 26.2 Å². The summed E-state index contributed by atoms with van der Waals surface area (Å²) in [4.78, 5) is 18.8. The summed E-state index contributed by atoms with van der Waals surface area (Å²) >= 11 is 0. The summed E-state index contributed by atoms with van der Waals surface area (Å²) in [5, 5.41) is 20.1. The predicted octanol–water partition coefficient (Wildman–Crippen LogP) is 0.298. The number of β-amino-alcohol motifs (C(OH)–C–C–N with tert-alkyl or cyclic N) is 2. The number of rotatable bonds is 7. The van der Waals surface area contributed by atoms with Gasteiger partial charge in [-0.1, -0.05) is 0 Å². The van der Waals surface area contributed by atoms with E-state index in [2.05, 4.69) is 9.80 Å². The van der Waals surface area contributed by atoms with Gasteiger partial charge in [0.25, 0.3) is 5.91 Å². The third-order valence-corrected chi connectivity index (χ3v) is 5.68. The molecule has 0 aromatic heterocycles. The summed E-state index contributed by atoms with van der Waals surface area (Å²) in [6.45, 7) is 4.81. The van der Waals surface area contributed by atoms with Crippen LogP contribution in [0.2, 0.25) is 0 Å². The SMILES string of the molecule is COc1ccc(F)c(CN2CCCC(O)(CN3CCN(CCO)CC3)C2=O)c1. The van der Waals surface area contributed by atoms with Crippen LogP contribution in [-0.2, 0) is 11.3 Å². The van der Waals surface area contributed by atoms with Crippen LogP contribution in [0.3, 0.4) is 0 Å². The first-order chi connectivity index (χ1) is 13.4. The van der Waals surface area contributed by atoms with Gasteiger partial charge in [0.1, 0.15) is 11.6 Å². The average Bonchev–Trinajstić information content (AvgIpc) is 2.69. The second-order valence-electron chi connectivity index (χ2n) is 7.66. The summed E-state index contributed by atoms with van der Waals surface area (Å²) in [6, 6.07) is 4.47. The second-order valence-corrected chi connectivity index (χ2v) is 7.66. The molecule has 0 spiro atoms. The van der Waals surface area contributed by atoms with Crippen LogP contribution in [0.15, 0.2) is 18.2 Å². The molecular weight excluding hydrogens is 365 g/mol. The van der Waals surface area contributed by atoms with E-state index >= 15 is 0 Å². The molecule has 0 saturated carbocycles. The predicted molar refractivity (Wildman–Crippen MR) is 103 cm³/mol. The van der Waals surface area contributed by atoms with Gasteiger partial charge in [-0.25, -0.2) is 4.39 Å². The van der Waals surface area contributed by atoms with E-state index in [1.54, 1.807) is 17.0 Å². The minimum atomic E-state index is -1.44. The molecule has 1 unspecified atom stereocenters. The standard InChI is InChI=1S/C20H30FN3O4/c1-28-17-3-4-18(21)16(13-17)14-24-6-2-5-20(27,19(24)26)15-23-9-7-22(8-10-23)11-12-25/h3-4,13,25,27H,2,5-12,14-15H2,1H3. The van der Waals surface area contributed by atoms with Crippen LogP contribution in [0, 0.1) is 5.82 Å². The Morgan fingerprint density at radius 3 is 2.57 bits per heavy atom. The van der Waals surface area contributed by atoms with E-state index in [-0.39, 0.29) is 31.4 Å². The number of aliphatic hydroxyl groups excluding tert-OH is 1. The first-order valence-corrected chi connectivity index (χ1v) is 9.85. The summed E-state index contributed by atoms with van der Waals surface area (Å²) in [6.07, 6.45) is 1.10. The Bertz CT molecular complexity index is 681. The molecule has 2 N–H and O–H groups in total. The number of piperidine rings is 1. The molecule has 0 aliphatic carbocycles. The maximum absolute atomic E-state index is 14.2. The normalized spacial score (nSPS) is 24.6. The maximum atomic E-state index is 14.2. The van der Waals surface area contributed by atoms with E-state index in [9.17, 15) is 14.3 Å². The Morgan fingerprint density at radius 2 is 1.89 bits per heavy atom. The molecule has 1 aromatic rings. The molecule has 1 aromatic carbocycles. The van der Waals surface area contributed by atoms with Crippen molar-refractivity contribution in [3.8, 4) is 5.75 Å². The highest BCUT2D eigenvalue weighted by Gasteiger charge is 2.43. The first-order valence-electron chi connectivity index (χ1n) is 9.85. The van der Waals surface area contributed by atoms with E-state index < -0.39 is 5.60 Å². The molecule has 1 atom stereocenters. The fourth-order valence-electron chi connectivity index (χ4n) is 4.05. The van der Waals surface area contributed by atoms with E-state index in [0.29, 0.717) is 37.2 Å². The van der Waals surface area contributed by atoms with Gasteiger partial charge in [-0.3, -0.25) is 14.6 Å². The molecular formula is C20H30FN3O4. The van der Waals surface area contributed by atoms with Crippen LogP contribution in [0.5, 0.6) is 5.75 Å². The van der Waals surface area contributed by atoms with Gasteiger partial charge in [-0.15, -0.1) is 0 Å². The van der Waals surface area contributed by atoms with Crippen molar-refractivity contribution in [1.29, 1.82) is 0 Å². The van der Waals surface area contributed by atoms with Gasteiger partial charge in [-0.2, -0.15) is 0 Å². The van der Waals surface area contributed by atoms with Crippen molar-refractivity contribution >= 4 is 5.91 Å². The van der Waals surface area contributed by atoms with Gasteiger partial charge in [0.2, 0.25) is 0 Å². The fraction of sp³-hybridized carbons (Fsp3) is 0.650. The number of likely N-dealkylation sites (tertiary alicyclic amines) is 1. The number of carbonyl (C=O) groups excluding carboxylic acids is 1. The van der Waals surface area contributed by atoms with Crippen molar-refractivity contribution < 1.29 is 24.1 Å². The highest BCUT2D eigenvalue weighted by atomic mass is 19.1. The number of hydrogen-bond acceptors (Lipinski definition) is 6. The smallest absolute Gasteiger partial charge is 0.256 e. The van der Waals surface area contributed by atoms with E-state index in [1.165, 1.54) is 13.2 Å². The number of benzene rings is 1. The van der Waals surface area contributed by atoms with Crippen molar-refractivity contribution in [3.63, 3.8) is 0 Å². The Morgan fingerprint density at radius 1 is 1.18 bits per heavy atom. The lowest BCUT2D eigenvalue weighted by Gasteiger charge is -2.43. The molecule has 2 aliphatic rings. The number of carbonyl (C=O) groups is 1. The number of halogens is 1. The van der Waals surface area contributed by atoms with Crippen LogP contribution >= 0.6 is 0 Å². The van der Waals surface area contributed by atoms with Crippen LogP contribution in [-0.4, -0.2) is 96.0 Å². The summed E-state index contributed by atoms with van der Waals surface area (Å²) in [5.74, 6) is -0.182. The minimum absolute atomic E-state index is 0.119. The number of piperazine rings is 1. The lowest BCUT2D eigenvalue weighted by molar-refractivity contribution is -0.160. The Labute approximate surface area is 165 Å². The van der Waals surface area contributed by atoms with Crippen molar-refractivity contribution in [3.05, 3.63) is 29.6 Å². The molecule has 2 aliphatic heterocycles. The topological polar surface area (TPSA) is 76.5 Å². The molecule has 2 fully saturated rings. The van der Waals surface area contributed by atoms with Gasteiger partial charge < -0.3 is 19.8 Å². The van der Waals surface area contributed by atoms with Crippen molar-refractivity contribution in [2.24, 2.45) is 0 Å². The van der Waals surface area contributed by atoms with E-state index in [1.807, 2.05) is 0 Å².